The molecule has 0 atom stereocenters. The molecule has 0 saturated carbocycles. The second kappa shape index (κ2) is 5.81. The van der Waals surface area contributed by atoms with Crippen molar-refractivity contribution in [2.75, 3.05) is 0 Å². The van der Waals surface area contributed by atoms with Crippen LogP contribution in [0, 0.1) is 0 Å². The van der Waals surface area contributed by atoms with Gasteiger partial charge < -0.3 is 13.5 Å². The average Bonchev–Trinajstić information content (AvgIpc) is 2.95. The van der Waals surface area contributed by atoms with Crippen molar-refractivity contribution in [1.82, 2.24) is 4.98 Å². The van der Waals surface area contributed by atoms with E-state index in [1.165, 1.54) is 17.5 Å². The molecule has 2 aromatic heterocycles. The first-order chi connectivity index (χ1) is 11.7. The number of aromatic nitrogens is 1. The molecule has 6 nitrogen and oxygen atoms in total. The zero-order valence-electron chi connectivity index (χ0n) is 14.2. The molecule has 0 aromatic carbocycles. The molecule has 3 heterocycles. The van der Waals surface area contributed by atoms with Crippen LogP contribution in [0.15, 0.2) is 17.6 Å². The minimum Gasteiger partial charge on any atom is -0.399 e. The Morgan fingerprint density at radius 3 is 2.31 bits per heavy atom. The lowest BCUT2D eigenvalue weighted by Crippen LogP contribution is -2.41. The predicted molar refractivity (Wildman–Crippen MR) is 90.9 cm³/mol. The number of halogens is 3. The molecule has 1 fully saturated rings. The molecule has 0 bridgehead atoms. The van der Waals surface area contributed by atoms with E-state index in [0.717, 1.165) is 6.07 Å². The second-order valence-corrected chi connectivity index (χ2v) is 9.23. The lowest BCUT2D eigenvalue weighted by atomic mass is 9.79. The highest BCUT2D eigenvalue weighted by atomic mass is 32.2. The molecule has 142 valence electrons. The highest BCUT2D eigenvalue weighted by Crippen LogP contribution is 2.38. The summed E-state index contributed by atoms with van der Waals surface area (Å²) in [4.78, 5) is 3.68. The van der Waals surface area contributed by atoms with Crippen LogP contribution in [0.5, 0.6) is 5.88 Å². The lowest BCUT2D eigenvalue weighted by Gasteiger charge is -2.32. The van der Waals surface area contributed by atoms with E-state index in [2.05, 4.69) is 9.17 Å². The van der Waals surface area contributed by atoms with Gasteiger partial charge in [-0.3, -0.25) is 0 Å². The number of fused-ring (bicyclic) bond motifs is 1. The quantitative estimate of drug-likeness (QED) is 0.441. The van der Waals surface area contributed by atoms with Gasteiger partial charge in [-0.15, -0.1) is 11.3 Å². The Kier molecular flexibility index (Phi) is 4.34. The topological polar surface area (TPSA) is 74.7 Å². The monoisotopic (exact) mass is 409 g/mol. The third-order valence-electron chi connectivity index (χ3n) is 4.45. The van der Waals surface area contributed by atoms with Gasteiger partial charge in [0.15, 0.2) is 0 Å². The number of alkyl halides is 3. The van der Waals surface area contributed by atoms with E-state index in [0.29, 0.717) is 15.5 Å². The molecular formula is C14H15BF3NO5S2. The fourth-order valence-corrected chi connectivity index (χ4v) is 3.65. The zero-order valence-corrected chi connectivity index (χ0v) is 15.9. The Labute approximate surface area is 152 Å². The van der Waals surface area contributed by atoms with Gasteiger partial charge in [0, 0.05) is 27.8 Å². The fraction of sp³-hybridized carbons (Fsp3) is 0.500. The summed E-state index contributed by atoms with van der Waals surface area (Å²) in [5, 5.41) is 2.32. The molecule has 2 aromatic rings. The van der Waals surface area contributed by atoms with Crippen LogP contribution in [0.3, 0.4) is 0 Å². The molecule has 0 N–H and O–H groups in total. The molecule has 0 amide bonds. The Hall–Kier alpha value is -1.37. The third kappa shape index (κ3) is 3.19. The minimum absolute atomic E-state index is 0.497. The molecule has 26 heavy (non-hydrogen) atoms. The van der Waals surface area contributed by atoms with Gasteiger partial charge in [0.25, 0.3) is 0 Å². The SMILES string of the molecule is CC1(C)OB(c2csc3cc(OS(=O)(=O)C(F)(F)F)ncc23)OC1(C)C. The average molecular weight is 409 g/mol. The number of hydrogen-bond donors (Lipinski definition) is 0. The highest BCUT2D eigenvalue weighted by molar-refractivity contribution is 7.87. The summed E-state index contributed by atoms with van der Waals surface area (Å²) in [6.45, 7) is 7.59. The Balaban J connectivity index is 1.92. The highest BCUT2D eigenvalue weighted by Gasteiger charge is 2.52. The normalized spacial score (nSPS) is 19.9. The maximum absolute atomic E-state index is 12.4. The van der Waals surface area contributed by atoms with Gasteiger partial charge in [0.2, 0.25) is 5.88 Å². The number of pyridine rings is 1. The zero-order chi connectivity index (χ0) is 19.5. The summed E-state index contributed by atoms with van der Waals surface area (Å²) in [5.41, 5.74) is -5.96. The van der Waals surface area contributed by atoms with E-state index in [9.17, 15) is 21.6 Å². The first-order valence-electron chi connectivity index (χ1n) is 7.47. The number of thiophene rings is 1. The number of rotatable bonds is 3. The van der Waals surface area contributed by atoms with Crippen molar-refractivity contribution in [1.29, 1.82) is 0 Å². The first kappa shape index (κ1) is 19.4. The Morgan fingerprint density at radius 1 is 1.19 bits per heavy atom. The maximum Gasteiger partial charge on any atom is 0.534 e. The molecule has 12 heteroatoms. The van der Waals surface area contributed by atoms with Crippen molar-refractivity contribution in [3.8, 4) is 5.88 Å². The van der Waals surface area contributed by atoms with Crippen LogP contribution < -0.4 is 9.65 Å². The molecule has 0 radical (unpaired) electrons. The van der Waals surface area contributed by atoms with E-state index in [4.69, 9.17) is 9.31 Å². The van der Waals surface area contributed by atoms with Crippen LogP contribution in [0.1, 0.15) is 27.7 Å². The third-order valence-corrected chi connectivity index (χ3v) is 6.37. The smallest absolute Gasteiger partial charge is 0.399 e. The lowest BCUT2D eigenvalue weighted by molar-refractivity contribution is -0.0501. The maximum atomic E-state index is 12.4. The van der Waals surface area contributed by atoms with Gasteiger partial charge in [-0.1, -0.05) is 0 Å². The van der Waals surface area contributed by atoms with Gasteiger partial charge >= 0.3 is 22.7 Å². The van der Waals surface area contributed by atoms with Crippen molar-refractivity contribution in [3.05, 3.63) is 17.6 Å². The van der Waals surface area contributed by atoms with Crippen LogP contribution in [-0.4, -0.2) is 37.2 Å². The van der Waals surface area contributed by atoms with Crippen LogP contribution >= 0.6 is 11.3 Å². The van der Waals surface area contributed by atoms with Crippen molar-refractivity contribution in [2.24, 2.45) is 0 Å². The molecule has 1 aliphatic rings. The van der Waals surface area contributed by atoms with Crippen molar-refractivity contribution in [3.63, 3.8) is 0 Å². The van der Waals surface area contributed by atoms with Gasteiger partial charge in [0.1, 0.15) is 0 Å². The minimum atomic E-state index is -5.77. The number of hydrogen-bond acceptors (Lipinski definition) is 7. The van der Waals surface area contributed by atoms with Crippen LogP contribution in [0.2, 0.25) is 0 Å². The van der Waals surface area contributed by atoms with E-state index in [1.807, 2.05) is 27.7 Å². The van der Waals surface area contributed by atoms with E-state index >= 15 is 0 Å². The summed E-state index contributed by atoms with van der Waals surface area (Å²) in [5.74, 6) is -0.655. The molecule has 1 saturated heterocycles. The molecule has 0 spiro atoms. The standard InChI is InChI=1S/C14H15BF3NO5S2/c1-12(2)13(3,4)24-15(23-12)9-7-25-10-5-11(19-6-8(9)10)22-26(20,21)14(16,17)18/h5-7H,1-4H3. The summed E-state index contributed by atoms with van der Waals surface area (Å²) in [7, 11) is -6.43. The van der Waals surface area contributed by atoms with Crippen molar-refractivity contribution < 1.29 is 35.1 Å². The van der Waals surface area contributed by atoms with Crippen molar-refractivity contribution in [2.45, 2.75) is 44.4 Å². The Morgan fingerprint density at radius 2 is 1.77 bits per heavy atom. The summed E-state index contributed by atoms with van der Waals surface area (Å²) >= 11 is 1.19. The summed E-state index contributed by atoms with van der Waals surface area (Å²) in [6.07, 6.45) is 1.24. The van der Waals surface area contributed by atoms with E-state index in [1.54, 1.807) is 5.38 Å². The van der Waals surface area contributed by atoms with E-state index < -0.39 is 39.8 Å². The predicted octanol–water partition coefficient (Wildman–Crippen LogP) is 2.82. The molecular weight excluding hydrogens is 394 g/mol. The first-order valence-corrected chi connectivity index (χ1v) is 9.76. The summed E-state index contributed by atoms with van der Waals surface area (Å²) in [6, 6.07) is 1.14. The van der Waals surface area contributed by atoms with Crippen LogP contribution in [0.25, 0.3) is 10.1 Å². The van der Waals surface area contributed by atoms with E-state index in [-0.39, 0.29) is 0 Å². The summed E-state index contributed by atoms with van der Waals surface area (Å²) < 4.78 is 75.9. The largest absolute Gasteiger partial charge is 0.534 e. The van der Waals surface area contributed by atoms with Gasteiger partial charge in [-0.25, -0.2) is 4.98 Å². The molecule has 0 unspecified atom stereocenters. The van der Waals surface area contributed by atoms with Gasteiger partial charge in [-0.2, -0.15) is 21.6 Å². The van der Waals surface area contributed by atoms with Crippen LogP contribution in [-0.2, 0) is 19.4 Å². The Bertz CT molecular complexity index is 939. The second-order valence-electron chi connectivity index (χ2n) is 6.78. The molecule has 1 aliphatic heterocycles. The fourth-order valence-electron chi connectivity index (χ4n) is 2.28. The van der Waals surface area contributed by atoms with Crippen molar-refractivity contribution >= 4 is 44.1 Å². The molecule has 0 aliphatic carbocycles. The molecule has 3 rings (SSSR count). The van der Waals surface area contributed by atoms with Gasteiger partial charge in [0.05, 0.1) is 11.2 Å². The van der Waals surface area contributed by atoms with Gasteiger partial charge in [-0.05, 0) is 33.1 Å². The van der Waals surface area contributed by atoms with Crippen LogP contribution in [0.4, 0.5) is 13.2 Å². The number of nitrogens with zero attached hydrogens (tertiary/aromatic N) is 1.